The van der Waals surface area contributed by atoms with Crippen LogP contribution in [0.15, 0.2) is 30.0 Å². The smallest absolute Gasteiger partial charge is 0.161 e. The van der Waals surface area contributed by atoms with E-state index in [0.717, 1.165) is 37.3 Å². The lowest BCUT2D eigenvalue weighted by Crippen LogP contribution is -2.33. The molecule has 22 heavy (non-hydrogen) atoms. The topological polar surface area (TPSA) is 41.9 Å². The number of rotatable bonds is 4. The first-order chi connectivity index (χ1) is 10.6. The number of methoxy groups -OCH3 is 1. The molecule has 1 N–H and O–H groups in total. The van der Waals surface area contributed by atoms with Crippen LogP contribution in [0.5, 0.6) is 11.5 Å². The van der Waals surface area contributed by atoms with Crippen molar-refractivity contribution in [2.75, 3.05) is 27.3 Å². The van der Waals surface area contributed by atoms with Gasteiger partial charge in [-0.3, -0.25) is 0 Å². The van der Waals surface area contributed by atoms with Crippen LogP contribution >= 0.6 is 0 Å². The van der Waals surface area contributed by atoms with Gasteiger partial charge in [-0.15, -0.1) is 0 Å². The molecule has 0 saturated carbocycles. The first-order valence-corrected chi connectivity index (χ1v) is 8.03. The maximum absolute atomic E-state index is 10.0. The molecule has 120 valence electrons. The Hall–Kier alpha value is -1.68. The van der Waals surface area contributed by atoms with Gasteiger partial charge in [-0.1, -0.05) is 6.07 Å². The van der Waals surface area contributed by atoms with Crippen LogP contribution in [0.4, 0.5) is 0 Å². The van der Waals surface area contributed by atoms with E-state index in [1.54, 1.807) is 7.11 Å². The molecule has 3 rings (SSSR count). The van der Waals surface area contributed by atoms with Gasteiger partial charge in [-0.25, -0.2) is 0 Å². The average molecular weight is 303 g/mol. The summed E-state index contributed by atoms with van der Waals surface area (Å²) in [6.45, 7) is 3.62. The molecule has 0 unspecified atom stereocenters. The van der Waals surface area contributed by atoms with Gasteiger partial charge < -0.3 is 19.5 Å². The summed E-state index contributed by atoms with van der Waals surface area (Å²) in [4.78, 5) is 2.27. The molecule has 1 fully saturated rings. The van der Waals surface area contributed by atoms with Crippen molar-refractivity contribution in [2.24, 2.45) is 0 Å². The van der Waals surface area contributed by atoms with E-state index in [1.807, 2.05) is 19.1 Å². The summed E-state index contributed by atoms with van der Waals surface area (Å²) in [6, 6.07) is 6.26. The van der Waals surface area contributed by atoms with Gasteiger partial charge in [-0.2, -0.15) is 0 Å². The zero-order valence-electron chi connectivity index (χ0n) is 13.6. The van der Waals surface area contributed by atoms with Crippen LogP contribution in [0.2, 0.25) is 0 Å². The Kier molecular flexibility index (Phi) is 4.04. The third-order valence-electron chi connectivity index (χ3n) is 5.01. The van der Waals surface area contributed by atoms with E-state index in [2.05, 4.69) is 24.1 Å². The fraction of sp³-hybridized carbons (Fsp3) is 0.556. The molecule has 0 spiro atoms. The zero-order valence-corrected chi connectivity index (χ0v) is 13.6. The molecule has 4 heteroatoms. The van der Waals surface area contributed by atoms with E-state index < -0.39 is 0 Å². The van der Waals surface area contributed by atoms with E-state index in [4.69, 9.17) is 9.47 Å². The van der Waals surface area contributed by atoms with Gasteiger partial charge in [0.15, 0.2) is 11.5 Å². The van der Waals surface area contributed by atoms with Gasteiger partial charge in [0.1, 0.15) is 0 Å². The summed E-state index contributed by atoms with van der Waals surface area (Å²) in [5, 5.41) is 10.0. The van der Waals surface area contributed by atoms with Crippen molar-refractivity contribution < 1.29 is 14.6 Å². The highest BCUT2D eigenvalue weighted by Crippen LogP contribution is 2.50. The van der Waals surface area contributed by atoms with E-state index in [-0.39, 0.29) is 11.5 Å². The predicted octanol–water partition coefficient (Wildman–Crippen LogP) is 2.71. The lowest BCUT2D eigenvalue weighted by atomic mass is 9.70. The Morgan fingerprint density at radius 2 is 2.14 bits per heavy atom. The molecule has 1 aliphatic heterocycles. The number of likely N-dealkylation sites (N-methyl/N-ethyl adjacent to an activating group) is 1. The molecule has 0 radical (unpaired) electrons. The molecule has 4 nitrogen and oxygen atoms in total. The number of hydrogen-bond acceptors (Lipinski definition) is 4. The van der Waals surface area contributed by atoms with Gasteiger partial charge in [0.05, 0.1) is 19.8 Å². The molecular formula is C18H25NO3. The van der Waals surface area contributed by atoms with Crippen LogP contribution in [0.1, 0.15) is 31.7 Å². The monoisotopic (exact) mass is 303 g/mol. The molecule has 1 aromatic rings. The Labute approximate surface area is 132 Å². The molecule has 1 aliphatic carbocycles. The highest BCUT2D eigenvalue weighted by atomic mass is 16.5. The second kappa shape index (κ2) is 5.84. The fourth-order valence-corrected chi connectivity index (χ4v) is 3.85. The number of aliphatic hydroxyl groups excluding tert-OH is 1. The van der Waals surface area contributed by atoms with Crippen LogP contribution in [0.25, 0.3) is 0 Å². The minimum atomic E-state index is -0.326. The lowest BCUT2D eigenvalue weighted by molar-refractivity contribution is 0.181. The normalized spacial score (nSPS) is 27.4. The van der Waals surface area contributed by atoms with Crippen molar-refractivity contribution in [3.8, 4) is 11.5 Å². The zero-order chi connectivity index (χ0) is 15.7. The van der Waals surface area contributed by atoms with Gasteiger partial charge in [0, 0.05) is 24.7 Å². The largest absolute Gasteiger partial charge is 0.493 e. The maximum Gasteiger partial charge on any atom is 0.161 e. The van der Waals surface area contributed by atoms with Gasteiger partial charge in [-0.05, 0) is 50.0 Å². The first kappa shape index (κ1) is 15.2. The second-order valence-corrected chi connectivity index (χ2v) is 6.21. The van der Waals surface area contributed by atoms with E-state index in [1.165, 1.54) is 11.3 Å². The number of aliphatic hydroxyl groups is 1. The van der Waals surface area contributed by atoms with Crippen molar-refractivity contribution in [1.29, 1.82) is 0 Å². The Bertz CT molecular complexity index is 584. The Morgan fingerprint density at radius 1 is 1.32 bits per heavy atom. The van der Waals surface area contributed by atoms with Gasteiger partial charge in [0.2, 0.25) is 0 Å². The number of allylic oxidation sites excluding steroid dienone is 1. The third kappa shape index (κ3) is 2.35. The van der Waals surface area contributed by atoms with Crippen molar-refractivity contribution in [2.45, 2.75) is 37.7 Å². The molecule has 0 aromatic heterocycles. The lowest BCUT2D eigenvalue weighted by Gasteiger charge is -2.37. The van der Waals surface area contributed by atoms with E-state index in [9.17, 15) is 5.11 Å². The minimum Gasteiger partial charge on any atom is -0.493 e. The number of benzene rings is 1. The summed E-state index contributed by atoms with van der Waals surface area (Å²) in [5.74, 6) is 1.58. The Balaban J connectivity index is 2.06. The van der Waals surface area contributed by atoms with Gasteiger partial charge >= 0.3 is 0 Å². The molecule has 1 saturated heterocycles. The summed E-state index contributed by atoms with van der Waals surface area (Å²) < 4.78 is 11.1. The number of nitrogens with zero attached hydrogens (tertiary/aromatic N) is 1. The molecule has 0 bridgehead atoms. The fourth-order valence-electron chi connectivity index (χ4n) is 3.85. The van der Waals surface area contributed by atoms with Crippen LogP contribution < -0.4 is 9.47 Å². The summed E-state index contributed by atoms with van der Waals surface area (Å²) in [6.07, 6.45) is 4.57. The van der Waals surface area contributed by atoms with Gasteiger partial charge in [0.25, 0.3) is 0 Å². The third-order valence-corrected chi connectivity index (χ3v) is 5.01. The van der Waals surface area contributed by atoms with E-state index >= 15 is 0 Å². The predicted molar refractivity (Wildman–Crippen MR) is 86.4 cm³/mol. The highest BCUT2D eigenvalue weighted by Gasteiger charge is 2.45. The number of likely N-dealkylation sites (tertiary alicyclic amines) is 1. The number of hydrogen-bond donors (Lipinski definition) is 1. The molecule has 2 aliphatic rings. The second-order valence-electron chi connectivity index (χ2n) is 6.21. The van der Waals surface area contributed by atoms with Crippen molar-refractivity contribution in [3.05, 3.63) is 35.5 Å². The molecule has 0 amide bonds. The first-order valence-electron chi connectivity index (χ1n) is 8.03. The quantitative estimate of drug-likeness (QED) is 0.928. The average Bonchev–Trinajstić information content (AvgIpc) is 2.86. The van der Waals surface area contributed by atoms with Crippen LogP contribution in [-0.2, 0) is 5.41 Å². The van der Waals surface area contributed by atoms with Crippen LogP contribution in [-0.4, -0.2) is 43.4 Å². The van der Waals surface area contributed by atoms with Crippen molar-refractivity contribution >= 4 is 0 Å². The summed E-state index contributed by atoms with van der Waals surface area (Å²) in [5.41, 5.74) is 2.52. The highest BCUT2D eigenvalue weighted by molar-refractivity contribution is 5.49. The number of ether oxygens (including phenoxy) is 2. The molecule has 2 atom stereocenters. The van der Waals surface area contributed by atoms with Crippen molar-refractivity contribution in [3.63, 3.8) is 0 Å². The number of fused-ring (bicyclic) bond motifs is 1. The molecule has 1 aromatic carbocycles. The van der Waals surface area contributed by atoms with E-state index in [0.29, 0.717) is 6.61 Å². The molecule has 1 heterocycles. The minimum absolute atomic E-state index is 0.00605. The summed E-state index contributed by atoms with van der Waals surface area (Å²) >= 11 is 0. The SMILES string of the molecule is CCOc1cc([C@@]23CC[C@H](O)C=C2N(C)CC3)ccc1OC. The van der Waals surface area contributed by atoms with Crippen LogP contribution in [0, 0.1) is 0 Å². The maximum atomic E-state index is 10.0. The summed E-state index contributed by atoms with van der Waals surface area (Å²) in [7, 11) is 3.78. The van der Waals surface area contributed by atoms with Crippen LogP contribution in [0.3, 0.4) is 0 Å². The van der Waals surface area contributed by atoms with Crippen molar-refractivity contribution in [1.82, 2.24) is 4.90 Å². The standard InChI is InChI=1S/C18H25NO3/c1-4-22-16-11-13(5-6-15(16)21-3)18-8-7-14(20)12-17(18)19(2)10-9-18/h5-6,11-12,14,20H,4,7-10H2,1-3H3/t14-,18-/m0/s1. The molecular weight excluding hydrogens is 278 g/mol. The Morgan fingerprint density at radius 3 is 2.86 bits per heavy atom.